The molecule has 138 valence electrons. The van der Waals surface area contributed by atoms with Crippen LogP contribution in [0.2, 0.25) is 0 Å². The van der Waals surface area contributed by atoms with Crippen LogP contribution in [-0.2, 0) is 5.41 Å². The summed E-state index contributed by atoms with van der Waals surface area (Å²) in [6.07, 6.45) is 1.70. The second-order valence-electron chi connectivity index (χ2n) is 7.04. The molecule has 1 aliphatic heterocycles. The maximum atomic E-state index is 12.8. The van der Waals surface area contributed by atoms with Gasteiger partial charge >= 0.3 is 0 Å². The summed E-state index contributed by atoms with van der Waals surface area (Å²) in [5, 5.41) is 12.7. The zero-order valence-corrected chi connectivity index (χ0v) is 16.1. The number of aromatic hydroxyl groups is 1. The van der Waals surface area contributed by atoms with Crippen molar-refractivity contribution >= 4 is 17.2 Å². The first-order chi connectivity index (χ1) is 13.1. The van der Waals surface area contributed by atoms with E-state index in [4.69, 9.17) is 4.98 Å². The third-order valence-corrected chi connectivity index (χ3v) is 6.23. The number of piperidine rings is 1. The van der Waals surface area contributed by atoms with E-state index in [-0.39, 0.29) is 17.1 Å². The predicted octanol–water partition coefficient (Wildman–Crippen LogP) is 4.38. The van der Waals surface area contributed by atoms with E-state index < -0.39 is 0 Å². The van der Waals surface area contributed by atoms with Gasteiger partial charge in [-0.25, -0.2) is 4.98 Å². The zero-order valence-electron chi connectivity index (χ0n) is 15.3. The van der Waals surface area contributed by atoms with Crippen molar-refractivity contribution in [1.29, 1.82) is 0 Å². The quantitative estimate of drug-likeness (QED) is 0.736. The Kier molecular flexibility index (Phi) is 4.70. The summed E-state index contributed by atoms with van der Waals surface area (Å²) < 4.78 is 0. The lowest BCUT2D eigenvalue weighted by molar-refractivity contribution is 0.0684. The molecule has 2 heterocycles. The molecular weight excluding hydrogens is 356 g/mol. The van der Waals surface area contributed by atoms with E-state index in [0.717, 1.165) is 23.5 Å². The molecule has 5 heteroatoms. The van der Waals surface area contributed by atoms with E-state index in [1.807, 2.05) is 17.9 Å². The Morgan fingerprint density at radius 2 is 1.74 bits per heavy atom. The summed E-state index contributed by atoms with van der Waals surface area (Å²) in [6.45, 7) is 3.41. The van der Waals surface area contributed by atoms with Crippen LogP contribution < -0.4 is 0 Å². The van der Waals surface area contributed by atoms with Gasteiger partial charge in [-0.05, 0) is 49.6 Å². The van der Waals surface area contributed by atoms with Gasteiger partial charge in [0, 0.05) is 29.4 Å². The molecule has 4 rings (SSSR count). The van der Waals surface area contributed by atoms with Gasteiger partial charge in [0.1, 0.15) is 5.75 Å². The van der Waals surface area contributed by atoms with E-state index in [9.17, 15) is 9.90 Å². The molecule has 0 saturated carbocycles. The smallest absolute Gasteiger partial charge is 0.253 e. The van der Waals surface area contributed by atoms with Gasteiger partial charge in [-0.2, -0.15) is 0 Å². The summed E-state index contributed by atoms with van der Waals surface area (Å²) in [4.78, 5) is 19.5. The number of likely N-dealkylation sites (tertiary alicyclic amines) is 1. The van der Waals surface area contributed by atoms with Crippen molar-refractivity contribution in [3.8, 4) is 5.75 Å². The van der Waals surface area contributed by atoms with Crippen LogP contribution in [0.5, 0.6) is 5.75 Å². The van der Waals surface area contributed by atoms with Gasteiger partial charge in [0.15, 0.2) is 0 Å². The third kappa shape index (κ3) is 3.35. The standard InChI is InChI=1S/C22H22N2O2S/c1-16-23-20(15-27-16)22(18-5-3-2-4-6-18)11-13-24(14-12-22)21(26)17-7-9-19(25)10-8-17/h2-10,15,25H,11-14H2,1H3. The fraction of sp³-hybridized carbons (Fsp3) is 0.273. The molecule has 4 nitrogen and oxygen atoms in total. The minimum Gasteiger partial charge on any atom is -0.508 e. The third-order valence-electron chi connectivity index (χ3n) is 5.45. The average Bonchev–Trinajstić information content (AvgIpc) is 3.16. The molecule has 1 aliphatic rings. The van der Waals surface area contributed by atoms with Crippen molar-refractivity contribution in [2.45, 2.75) is 25.2 Å². The monoisotopic (exact) mass is 378 g/mol. The molecule has 0 bridgehead atoms. The maximum Gasteiger partial charge on any atom is 0.253 e. The maximum absolute atomic E-state index is 12.8. The lowest BCUT2D eigenvalue weighted by Crippen LogP contribution is -2.46. The van der Waals surface area contributed by atoms with Crippen LogP contribution in [0.3, 0.4) is 0 Å². The number of hydrogen-bond donors (Lipinski definition) is 1. The van der Waals surface area contributed by atoms with Gasteiger partial charge in [-0.15, -0.1) is 11.3 Å². The van der Waals surface area contributed by atoms with Crippen molar-refractivity contribution in [1.82, 2.24) is 9.88 Å². The van der Waals surface area contributed by atoms with Crippen molar-refractivity contribution in [2.24, 2.45) is 0 Å². The minimum atomic E-state index is -0.141. The van der Waals surface area contributed by atoms with Crippen LogP contribution in [-0.4, -0.2) is 34.0 Å². The Balaban J connectivity index is 1.60. The van der Waals surface area contributed by atoms with Gasteiger partial charge < -0.3 is 10.0 Å². The van der Waals surface area contributed by atoms with E-state index in [0.29, 0.717) is 18.7 Å². The number of amides is 1. The van der Waals surface area contributed by atoms with Crippen LogP contribution >= 0.6 is 11.3 Å². The minimum absolute atomic E-state index is 0.0196. The molecule has 1 N–H and O–H groups in total. The zero-order chi connectivity index (χ0) is 18.9. The van der Waals surface area contributed by atoms with Crippen molar-refractivity contribution in [3.05, 3.63) is 81.8 Å². The van der Waals surface area contributed by atoms with Gasteiger partial charge in [-0.3, -0.25) is 4.79 Å². The summed E-state index contributed by atoms with van der Waals surface area (Å²) in [5.74, 6) is 0.193. The lowest BCUT2D eigenvalue weighted by Gasteiger charge is -2.41. The molecule has 1 fully saturated rings. The fourth-order valence-corrected chi connectivity index (χ4v) is 4.62. The molecule has 0 unspecified atom stereocenters. The normalized spacial score (nSPS) is 16.3. The number of aryl methyl sites for hydroxylation is 1. The molecule has 1 amide bonds. The average molecular weight is 378 g/mol. The largest absolute Gasteiger partial charge is 0.508 e. The molecular formula is C22H22N2O2S. The Morgan fingerprint density at radius 3 is 2.33 bits per heavy atom. The van der Waals surface area contributed by atoms with Crippen LogP contribution in [0, 0.1) is 6.92 Å². The van der Waals surface area contributed by atoms with Crippen LogP contribution in [0.4, 0.5) is 0 Å². The van der Waals surface area contributed by atoms with E-state index >= 15 is 0 Å². The first kappa shape index (κ1) is 17.7. The number of hydrogen-bond acceptors (Lipinski definition) is 4. The van der Waals surface area contributed by atoms with Gasteiger partial charge in [0.05, 0.1) is 10.7 Å². The Morgan fingerprint density at radius 1 is 1.07 bits per heavy atom. The number of thiazole rings is 1. The topological polar surface area (TPSA) is 53.4 Å². The Hall–Kier alpha value is -2.66. The molecule has 1 saturated heterocycles. The molecule has 1 aromatic heterocycles. The number of carbonyl (C=O) groups is 1. The number of aromatic nitrogens is 1. The van der Waals surface area contributed by atoms with Crippen molar-refractivity contribution in [3.63, 3.8) is 0 Å². The molecule has 2 aromatic carbocycles. The number of nitrogens with zero attached hydrogens (tertiary/aromatic N) is 2. The lowest BCUT2D eigenvalue weighted by atomic mass is 9.70. The molecule has 3 aromatic rings. The summed E-state index contributed by atoms with van der Waals surface area (Å²) in [6, 6.07) is 17.0. The number of phenolic OH excluding ortho intramolecular Hbond substituents is 1. The summed E-state index contributed by atoms with van der Waals surface area (Å²) in [5.41, 5.74) is 2.86. The first-order valence-electron chi connectivity index (χ1n) is 9.15. The predicted molar refractivity (Wildman–Crippen MR) is 107 cm³/mol. The Bertz CT molecular complexity index is 926. The van der Waals surface area contributed by atoms with Crippen LogP contribution in [0.15, 0.2) is 60.0 Å². The number of benzene rings is 2. The fourth-order valence-electron chi connectivity index (χ4n) is 3.91. The van der Waals surface area contributed by atoms with Crippen molar-refractivity contribution < 1.29 is 9.90 Å². The first-order valence-corrected chi connectivity index (χ1v) is 10.0. The number of rotatable bonds is 3. The summed E-state index contributed by atoms with van der Waals surface area (Å²) in [7, 11) is 0. The highest BCUT2D eigenvalue weighted by molar-refractivity contribution is 7.09. The van der Waals surface area contributed by atoms with E-state index in [1.54, 1.807) is 35.6 Å². The summed E-state index contributed by atoms with van der Waals surface area (Å²) >= 11 is 1.68. The highest BCUT2D eigenvalue weighted by Gasteiger charge is 2.40. The van der Waals surface area contributed by atoms with Gasteiger partial charge in [0.2, 0.25) is 0 Å². The van der Waals surface area contributed by atoms with E-state index in [2.05, 4.69) is 29.6 Å². The second-order valence-corrected chi connectivity index (χ2v) is 8.10. The van der Waals surface area contributed by atoms with E-state index in [1.165, 1.54) is 5.56 Å². The molecule has 0 radical (unpaired) electrons. The SMILES string of the molecule is Cc1nc(C2(c3ccccc3)CCN(C(=O)c3ccc(O)cc3)CC2)cs1. The highest BCUT2D eigenvalue weighted by atomic mass is 32.1. The molecule has 27 heavy (non-hydrogen) atoms. The van der Waals surface area contributed by atoms with Crippen LogP contribution in [0.25, 0.3) is 0 Å². The van der Waals surface area contributed by atoms with Gasteiger partial charge in [0.25, 0.3) is 5.91 Å². The molecule has 0 aliphatic carbocycles. The number of carbonyl (C=O) groups excluding carboxylic acids is 1. The number of phenols is 1. The molecule has 0 spiro atoms. The molecule has 0 atom stereocenters. The Labute approximate surface area is 163 Å². The van der Waals surface area contributed by atoms with Gasteiger partial charge in [-0.1, -0.05) is 30.3 Å². The van der Waals surface area contributed by atoms with Crippen molar-refractivity contribution in [2.75, 3.05) is 13.1 Å². The highest BCUT2D eigenvalue weighted by Crippen LogP contribution is 2.42. The van der Waals surface area contributed by atoms with Crippen LogP contribution in [0.1, 0.15) is 39.5 Å². The second kappa shape index (κ2) is 7.16.